The fourth-order valence-electron chi connectivity index (χ4n) is 1.60. The maximum atomic E-state index is 11.8. The maximum absolute atomic E-state index is 11.8. The summed E-state index contributed by atoms with van der Waals surface area (Å²) in [5.74, 6) is -0.738. The van der Waals surface area contributed by atoms with Crippen LogP contribution in [0.4, 0.5) is 10.5 Å². The first-order valence-corrected chi connectivity index (χ1v) is 6.01. The van der Waals surface area contributed by atoms with Crippen LogP contribution >= 0.6 is 0 Å². The Balaban J connectivity index is 2.25. The molecule has 0 aliphatic heterocycles. The van der Waals surface area contributed by atoms with Gasteiger partial charge in [0, 0.05) is 11.9 Å². The first kappa shape index (κ1) is 14.3. The zero-order valence-electron chi connectivity index (χ0n) is 11.2. The van der Waals surface area contributed by atoms with Gasteiger partial charge in [-0.25, -0.2) is 9.59 Å². The minimum absolute atomic E-state index is 0.133. The highest BCUT2D eigenvalue weighted by Gasteiger charge is 2.10. The number of benzene rings is 1. The predicted octanol–water partition coefficient (Wildman–Crippen LogP) is 1.64. The number of esters is 1. The van der Waals surface area contributed by atoms with Gasteiger partial charge in [0.25, 0.3) is 0 Å². The van der Waals surface area contributed by atoms with Crippen molar-refractivity contribution in [1.82, 2.24) is 4.73 Å². The number of amides is 2. The van der Waals surface area contributed by atoms with Crippen molar-refractivity contribution >= 4 is 17.7 Å². The smallest absolute Gasteiger partial charge is 0.358 e. The van der Waals surface area contributed by atoms with Crippen molar-refractivity contribution < 1.29 is 19.5 Å². The molecule has 2 N–H and O–H groups in total. The second-order valence-electron chi connectivity index (χ2n) is 4.01. The Labute approximate surface area is 120 Å². The minimum Gasteiger partial charge on any atom is -0.464 e. The van der Waals surface area contributed by atoms with Crippen molar-refractivity contribution in [1.29, 1.82) is 0 Å². The highest BCUT2D eigenvalue weighted by molar-refractivity contribution is 5.90. The maximum Gasteiger partial charge on any atom is 0.358 e. The number of nitrogens with zero attached hydrogens (tertiary/aromatic N) is 2. The summed E-state index contributed by atoms with van der Waals surface area (Å²) < 4.78 is 5.11. The Hall–Kier alpha value is -3.09. The van der Waals surface area contributed by atoms with Crippen LogP contribution in [0, 0.1) is 0 Å². The van der Waals surface area contributed by atoms with Crippen LogP contribution in [0.1, 0.15) is 10.5 Å². The SMILES string of the molecule is COC(=O)c1cc(=NC(=O)Nc2ccccc2)ccn1O. The number of anilines is 1. The number of methoxy groups -OCH3 is 1. The normalized spacial score (nSPS) is 11.0. The van der Waals surface area contributed by atoms with E-state index in [1.165, 1.54) is 25.4 Å². The van der Waals surface area contributed by atoms with Crippen LogP contribution in [0.25, 0.3) is 0 Å². The molecule has 1 aromatic carbocycles. The van der Waals surface area contributed by atoms with Crippen molar-refractivity contribution in [2.24, 2.45) is 4.99 Å². The molecule has 0 saturated carbocycles. The Morgan fingerprint density at radius 2 is 1.95 bits per heavy atom. The summed E-state index contributed by atoms with van der Waals surface area (Å²) in [6.07, 6.45) is 1.20. The molecule has 0 radical (unpaired) electrons. The lowest BCUT2D eigenvalue weighted by molar-refractivity contribution is 0.0544. The van der Waals surface area contributed by atoms with E-state index in [2.05, 4.69) is 15.0 Å². The molecule has 0 aliphatic rings. The van der Waals surface area contributed by atoms with Crippen molar-refractivity contribution in [3.8, 4) is 0 Å². The van der Waals surface area contributed by atoms with Gasteiger partial charge in [0.2, 0.25) is 0 Å². The summed E-state index contributed by atoms with van der Waals surface area (Å²) in [7, 11) is 1.19. The first-order chi connectivity index (χ1) is 10.1. The van der Waals surface area contributed by atoms with E-state index in [-0.39, 0.29) is 11.1 Å². The fourth-order valence-corrected chi connectivity index (χ4v) is 1.60. The number of para-hydroxylation sites is 1. The van der Waals surface area contributed by atoms with Crippen LogP contribution in [0.5, 0.6) is 0 Å². The highest BCUT2D eigenvalue weighted by Crippen LogP contribution is 2.04. The fraction of sp³-hybridized carbons (Fsp3) is 0.0714. The van der Waals surface area contributed by atoms with E-state index in [0.717, 1.165) is 0 Å². The van der Waals surface area contributed by atoms with Crippen LogP contribution in [0.3, 0.4) is 0 Å². The quantitative estimate of drug-likeness (QED) is 0.648. The van der Waals surface area contributed by atoms with Gasteiger partial charge >= 0.3 is 12.0 Å². The summed E-state index contributed by atoms with van der Waals surface area (Å²) in [5, 5.41) is 12.3. The van der Waals surface area contributed by atoms with Gasteiger partial charge in [0.05, 0.1) is 12.5 Å². The zero-order chi connectivity index (χ0) is 15.2. The third kappa shape index (κ3) is 3.69. The van der Waals surface area contributed by atoms with E-state index in [4.69, 9.17) is 0 Å². The highest BCUT2D eigenvalue weighted by atomic mass is 16.5. The molecule has 0 saturated heterocycles. The molecule has 0 unspecified atom stereocenters. The first-order valence-electron chi connectivity index (χ1n) is 6.01. The number of pyridine rings is 1. The number of urea groups is 1. The molecule has 0 fully saturated rings. The standard InChI is InChI=1S/C14H13N3O4/c1-21-13(18)12-9-11(7-8-17(12)20)16-14(19)15-10-5-3-2-4-6-10/h2-9,20H,1H3,(H,15,19). The van der Waals surface area contributed by atoms with E-state index in [1.54, 1.807) is 24.3 Å². The van der Waals surface area contributed by atoms with Gasteiger partial charge in [-0.1, -0.05) is 18.2 Å². The minimum atomic E-state index is -0.738. The Bertz CT molecular complexity index is 722. The predicted molar refractivity (Wildman–Crippen MR) is 74.0 cm³/mol. The van der Waals surface area contributed by atoms with Gasteiger partial charge in [-0.05, 0) is 24.3 Å². The molecule has 2 amide bonds. The van der Waals surface area contributed by atoms with Crippen LogP contribution in [0.15, 0.2) is 53.7 Å². The summed E-state index contributed by atoms with van der Waals surface area (Å²) in [4.78, 5) is 27.0. The monoisotopic (exact) mass is 287 g/mol. The van der Waals surface area contributed by atoms with Gasteiger partial charge < -0.3 is 15.3 Å². The molecule has 7 nitrogen and oxygen atoms in total. The van der Waals surface area contributed by atoms with Gasteiger partial charge in [0.15, 0.2) is 5.69 Å². The molecule has 0 spiro atoms. The van der Waals surface area contributed by atoms with Crippen molar-refractivity contribution in [3.05, 3.63) is 59.7 Å². The summed E-state index contributed by atoms with van der Waals surface area (Å²) >= 11 is 0. The third-order valence-corrected chi connectivity index (χ3v) is 2.57. The summed E-state index contributed by atoms with van der Waals surface area (Å²) in [6, 6.07) is 10.9. The van der Waals surface area contributed by atoms with Crippen molar-refractivity contribution in [2.45, 2.75) is 0 Å². The van der Waals surface area contributed by atoms with Gasteiger partial charge in [0.1, 0.15) is 0 Å². The average molecular weight is 287 g/mol. The molecular weight excluding hydrogens is 274 g/mol. The molecule has 1 aromatic heterocycles. The van der Waals surface area contributed by atoms with E-state index in [0.29, 0.717) is 10.4 Å². The number of hydrogen-bond donors (Lipinski definition) is 2. The summed E-state index contributed by atoms with van der Waals surface area (Å²) in [6.45, 7) is 0. The molecule has 0 atom stereocenters. The zero-order valence-corrected chi connectivity index (χ0v) is 11.2. The number of carbonyl (C=O) groups is 2. The van der Waals surface area contributed by atoms with Gasteiger partial charge in [-0.2, -0.15) is 9.72 Å². The molecule has 0 aliphatic carbocycles. The lowest BCUT2D eigenvalue weighted by Gasteiger charge is -2.04. The van der Waals surface area contributed by atoms with Gasteiger partial charge in [-0.15, -0.1) is 0 Å². The lowest BCUT2D eigenvalue weighted by Crippen LogP contribution is -2.18. The third-order valence-electron chi connectivity index (χ3n) is 2.57. The molecule has 21 heavy (non-hydrogen) atoms. The molecule has 7 heteroatoms. The molecule has 2 rings (SSSR count). The number of rotatable bonds is 2. The second-order valence-corrected chi connectivity index (χ2v) is 4.01. The largest absolute Gasteiger partial charge is 0.464 e. The Kier molecular flexibility index (Phi) is 4.35. The number of nitrogens with one attached hydrogen (secondary N) is 1. The Morgan fingerprint density at radius 1 is 1.24 bits per heavy atom. The number of carbonyl (C=O) groups excluding carboxylic acids is 2. The van der Waals surface area contributed by atoms with Gasteiger partial charge in [-0.3, -0.25) is 0 Å². The van der Waals surface area contributed by atoms with Crippen LogP contribution in [0.2, 0.25) is 0 Å². The molecule has 2 aromatic rings. The molecular formula is C14H13N3O4. The Morgan fingerprint density at radius 3 is 2.62 bits per heavy atom. The number of hydrogen-bond acceptors (Lipinski definition) is 4. The van der Waals surface area contributed by atoms with Crippen molar-refractivity contribution in [2.75, 3.05) is 12.4 Å². The van der Waals surface area contributed by atoms with Crippen LogP contribution in [-0.2, 0) is 4.74 Å². The number of ether oxygens (including phenoxy) is 1. The lowest BCUT2D eigenvalue weighted by atomic mass is 10.3. The molecule has 0 bridgehead atoms. The topological polar surface area (TPSA) is 92.9 Å². The van der Waals surface area contributed by atoms with Crippen LogP contribution < -0.4 is 10.7 Å². The van der Waals surface area contributed by atoms with Crippen LogP contribution in [-0.4, -0.2) is 29.0 Å². The van der Waals surface area contributed by atoms with E-state index in [1.807, 2.05) is 6.07 Å². The second kappa shape index (κ2) is 6.38. The average Bonchev–Trinajstić information content (AvgIpc) is 2.49. The molecule has 1 heterocycles. The van der Waals surface area contributed by atoms with E-state index >= 15 is 0 Å². The van der Waals surface area contributed by atoms with E-state index in [9.17, 15) is 14.8 Å². The van der Waals surface area contributed by atoms with Crippen molar-refractivity contribution in [3.63, 3.8) is 0 Å². The van der Waals surface area contributed by atoms with E-state index < -0.39 is 12.0 Å². The number of aromatic nitrogens is 1. The summed E-state index contributed by atoms with van der Waals surface area (Å²) in [5.41, 5.74) is 0.471. The molecule has 108 valence electrons.